The second-order valence-electron chi connectivity index (χ2n) is 7.31. The van der Waals surface area contributed by atoms with Crippen LogP contribution in [0.2, 0.25) is 5.02 Å². The number of piperazine rings is 1. The molecule has 2 heterocycles. The van der Waals surface area contributed by atoms with Crippen molar-refractivity contribution in [1.82, 2.24) is 4.90 Å². The van der Waals surface area contributed by atoms with Crippen LogP contribution in [0.25, 0.3) is 11.3 Å². The van der Waals surface area contributed by atoms with Crippen molar-refractivity contribution >= 4 is 23.2 Å². The van der Waals surface area contributed by atoms with E-state index in [1.807, 2.05) is 65.6 Å². The van der Waals surface area contributed by atoms with Gasteiger partial charge in [0.15, 0.2) is 0 Å². The maximum absolute atomic E-state index is 12.7. The van der Waals surface area contributed by atoms with Gasteiger partial charge in [0.05, 0.1) is 17.8 Å². The Morgan fingerprint density at radius 3 is 2.43 bits per heavy atom. The molecule has 0 atom stereocenters. The first-order valence-corrected chi connectivity index (χ1v) is 10.5. The summed E-state index contributed by atoms with van der Waals surface area (Å²) in [6.07, 6.45) is 1.04. The lowest BCUT2D eigenvalue weighted by atomic mass is 10.1. The van der Waals surface area contributed by atoms with Crippen molar-refractivity contribution < 1.29 is 13.9 Å². The van der Waals surface area contributed by atoms with Crippen molar-refractivity contribution in [3.05, 3.63) is 71.4 Å². The van der Waals surface area contributed by atoms with Crippen LogP contribution in [-0.2, 0) is 11.2 Å². The van der Waals surface area contributed by atoms with Gasteiger partial charge >= 0.3 is 0 Å². The summed E-state index contributed by atoms with van der Waals surface area (Å²) in [6.45, 7) is 2.99. The van der Waals surface area contributed by atoms with Crippen LogP contribution in [0.1, 0.15) is 12.2 Å². The van der Waals surface area contributed by atoms with Crippen LogP contribution in [0.4, 0.5) is 5.69 Å². The van der Waals surface area contributed by atoms with E-state index >= 15 is 0 Å². The standard InChI is InChI=1S/C24H25ClN2O3/c1-29-19-8-6-18(7-9-19)23-12-10-20(30-23)11-13-24(28)27-16-14-26(15-17-27)22-5-3-2-4-21(22)25/h2-10,12H,11,13-17H2,1H3. The average molecular weight is 425 g/mol. The molecular weight excluding hydrogens is 400 g/mol. The zero-order chi connectivity index (χ0) is 20.9. The number of ether oxygens (including phenoxy) is 1. The minimum Gasteiger partial charge on any atom is -0.497 e. The zero-order valence-corrected chi connectivity index (χ0v) is 17.8. The van der Waals surface area contributed by atoms with Gasteiger partial charge in [-0.3, -0.25) is 4.79 Å². The van der Waals surface area contributed by atoms with E-state index in [0.717, 1.165) is 46.6 Å². The van der Waals surface area contributed by atoms with E-state index < -0.39 is 0 Å². The van der Waals surface area contributed by atoms with Crippen LogP contribution in [-0.4, -0.2) is 44.1 Å². The Morgan fingerprint density at radius 2 is 1.73 bits per heavy atom. The van der Waals surface area contributed by atoms with Gasteiger partial charge in [-0.1, -0.05) is 23.7 Å². The van der Waals surface area contributed by atoms with Crippen molar-refractivity contribution in [3.63, 3.8) is 0 Å². The predicted octanol–water partition coefficient (Wildman–Crippen LogP) is 4.89. The molecule has 3 aromatic rings. The highest BCUT2D eigenvalue weighted by Gasteiger charge is 2.22. The number of carbonyl (C=O) groups is 1. The van der Waals surface area contributed by atoms with Gasteiger partial charge in [-0.05, 0) is 48.5 Å². The molecule has 1 aliphatic heterocycles. The Bertz CT molecular complexity index is 992. The molecule has 0 radical (unpaired) electrons. The largest absolute Gasteiger partial charge is 0.497 e. The molecule has 1 aromatic heterocycles. The van der Waals surface area contributed by atoms with E-state index in [-0.39, 0.29) is 5.91 Å². The first-order chi connectivity index (χ1) is 14.6. The van der Waals surface area contributed by atoms with E-state index in [0.29, 0.717) is 25.9 Å². The fourth-order valence-electron chi connectivity index (χ4n) is 3.72. The third-order valence-electron chi connectivity index (χ3n) is 5.45. The molecule has 2 aromatic carbocycles. The van der Waals surface area contributed by atoms with Gasteiger partial charge in [-0.2, -0.15) is 0 Å². The Hall–Kier alpha value is -2.92. The second kappa shape index (κ2) is 9.26. The van der Waals surface area contributed by atoms with Gasteiger partial charge in [0.2, 0.25) is 5.91 Å². The Balaban J connectivity index is 1.28. The molecule has 1 fully saturated rings. The molecule has 0 aliphatic carbocycles. The summed E-state index contributed by atoms with van der Waals surface area (Å²) < 4.78 is 11.1. The fourth-order valence-corrected chi connectivity index (χ4v) is 3.97. The van der Waals surface area contributed by atoms with Crippen molar-refractivity contribution in [2.24, 2.45) is 0 Å². The summed E-state index contributed by atoms with van der Waals surface area (Å²) in [6, 6.07) is 19.5. The summed E-state index contributed by atoms with van der Waals surface area (Å²) in [5.41, 5.74) is 2.02. The highest BCUT2D eigenvalue weighted by Crippen LogP contribution is 2.27. The van der Waals surface area contributed by atoms with Crippen molar-refractivity contribution in [2.75, 3.05) is 38.2 Å². The molecule has 0 N–H and O–H groups in total. The number of furan rings is 1. The number of carbonyl (C=O) groups excluding carboxylic acids is 1. The highest BCUT2D eigenvalue weighted by molar-refractivity contribution is 6.33. The maximum atomic E-state index is 12.7. The molecule has 0 saturated carbocycles. The molecule has 1 aliphatic rings. The molecule has 0 unspecified atom stereocenters. The molecular formula is C24H25ClN2O3. The number of hydrogen-bond acceptors (Lipinski definition) is 4. The Labute approximate surface area is 181 Å². The minimum absolute atomic E-state index is 0.163. The lowest BCUT2D eigenvalue weighted by Gasteiger charge is -2.36. The molecule has 1 saturated heterocycles. The van der Waals surface area contributed by atoms with Crippen LogP contribution in [0.5, 0.6) is 5.75 Å². The fraction of sp³-hybridized carbons (Fsp3) is 0.292. The number of amides is 1. The quantitative estimate of drug-likeness (QED) is 0.565. The van der Waals surface area contributed by atoms with Gasteiger partial charge in [0, 0.05) is 44.6 Å². The number of halogens is 1. The van der Waals surface area contributed by atoms with Gasteiger partial charge in [-0.15, -0.1) is 0 Å². The summed E-state index contributed by atoms with van der Waals surface area (Å²) in [7, 11) is 1.65. The molecule has 6 heteroatoms. The average Bonchev–Trinajstić information content (AvgIpc) is 3.27. The smallest absolute Gasteiger partial charge is 0.223 e. The summed E-state index contributed by atoms with van der Waals surface area (Å²) >= 11 is 6.30. The van der Waals surface area contributed by atoms with Crippen molar-refractivity contribution in [3.8, 4) is 17.1 Å². The summed E-state index contributed by atoms with van der Waals surface area (Å²) in [5.74, 6) is 2.60. The van der Waals surface area contributed by atoms with E-state index in [4.69, 9.17) is 20.8 Å². The maximum Gasteiger partial charge on any atom is 0.223 e. The molecule has 4 rings (SSSR count). The number of anilines is 1. The number of benzene rings is 2. The molecule has 5 nitrogen and oxygen atoms in total. The van der Waals surface area contributed by atoms with Crippen LogP contribution < -0.4 is 9.64 Å². The van der Waals surface area contributed by atoms with E-state index in [1.54, 1.807) is 7.11 Å². The topological polar surface area (TPSA) is 45.9 Å². The highest BCUT2D eigenvalue weighted by atomic mass is 35.5. The molecule has 0 bridgehead atoms. The van der Waals surface area contributed by atoms with Crippen LogP contribution in [0, 0.1) is 0 Å². The SMILES string of the molecule is COc1ccc(-c2ccc(CCC(=O)N3CCN(c4ccccc4Cl)CC3)o2)cc1. The van der Waals surface area contributed by atoms with Crippen LogP contribution >= 0.6 is 11.6 Å². The van der Waals surface area contributed by atoms with Gasteiger partial charge in [-0.25, -0.2) is 0 Å². The second-order valence-corrected chi connectivity index (χ2v) is 7.72. The number of rotatable bonds is 6. The summed E-state index contributed by atoms with van der Waals surface area (Å²) in [4.78, 5) is 16.8. The first kappa shape index (κ1) is 20.4. The monoisotopic (exact) mass is 424 g/mol. The number of para-hydroxylation sites is 1. The van der Waals surface area contributed by atoms with E-state index in [1.165, 1.54) is 0 Å². The third kappa shape index (κ3) is 4.62. The Morgan fingerprint density at radius 1 is 1.00 bits per heavy atom. The van der Waals surface area contributed by atoms with Crippen molar-refractivity contribution in [1.29, 1.82) is 0 Å². The van der Waals surface area contributed by atoms with Crippen LogP contribution in [0.15, 0.2) is 65.1 Å². The normalized spacial score (nSPS) is 14.1. The van der Waals surface area contributed by atoms with E-state index in [2.05, 4.69) is 4.90 Å². The van der Waals surface area contributed by atoms with Gasteiger partial charge in [0.1, 0.15) is 17.3 Å². The first-order valence-electron chi connectivity index (χ1n) is 10.1. The molecule has 0 spiro atoms. The van der Waals surface area contributed by atoms with E-state index in [9.17, 15) is 4.79 Å². The number of methoxy groups -OCH3 is 1. The van der Waals surface area contributed by atoms with Gasteiger partial charge < -0.3 is 19.0 Å². The Kier molecular flexibility index (Phi) is 6.29. The minimum atomic E-state index is 0.163. The van der Waals surface area contributed by atoms with Crippen LogP contribution in [0.3, 0.4) is 0 Å². The summed E-state index contributed by atoms with van der Waals surface area (Å²) in [5, 5.41) is 0.753. The molecule has 156 valence electrons. The number of hydrogen-bond donors (Lipinski definition) is 0. The number of aryl methyl sites for hydroxylation is 1. The molecule has 30 heavy (non-hydrogen) atoms. The lowest BCUT2D eigenvalue weighted by molar-refractivity contribution is -0.131. The lowest BCUT2D eigenvalue weighted by Crippen LogP contribution is -2.48. The third-order valence-corrected chi connectivity index (χ3v) is 5.77. The number of nitrogens with zero attached hydrogens (tertiary/aromatic N) is 2. The molecule has 1 amide bonds. The zero-order valence-electron chi connectivity index (χ0n) is 17.0. The van der Waals surface area contributed by atoms with Crippen molar-refractivity contribution in [2.45, 2.75) is 12.8 Å². The predicted molar refractivity (Wildman–Crippen MR) is 119 cm³/mol. The van der Waals surface area contributed by atoms with Gasteiger partial charge in [0.25, 0.3) is 0 Å².